The summed E-state index contributed by atoms with van der Waals surface area (Å²) in [5.41, 5.74) is 1.06. The van der Waals surface area contributed by atoms with Crippen molar-refractivity contribution in [1.82, 2.24) is 0 Å². The first-order chi connectivity index (χ1) is 13.1. The SMILES string of the molecule is CCCCCCCCCC/C(C(=O)OCCC)=C(\CCC)C(=O)OCCC. The molecule has 4 heteroatoms. The van der Waals surface area contributed by atoms with Crippen molar-refractivity contribution in [3.8, 4) is 0 Å². The van der Waals surface area contributed by atoms with E-state index in [0.717, 1.165) is 32.1 Å². The smallest absolute Gasteiger partial charge is 0.334 e. The number of ether oxygens (including phenoxy) is 2. The van der Waals surface area contributed by atoms with Crippen LogP contribution >= 0.6 is 0 Å². The van der Waals surface area contributed by atoms with Gasteiger partial charge in [0, 0.05) is 11.1 Å². The van der Waals surface area contributed by atoms with E-state index in [1.165, 1.54) is 38.5 Å². The third kappa shape index (κ3) is 12.6. The zero-order chi connectivity index (χ0) is 20.3. The van der Waals surface area contributed by atoms with Gasteiger partial charge in [0.15, 0.2) is 0 Å². The monoisotopic (exact) mass is 382 g/mol. The van der Waals surface area contributed by atoms with Gasteiger partial charge in [0.2, 0.25) is 0 Å². The van der Waals surface area contributed by atoms with E-state index >= 15 is 0 Å². The van der Waals surface area contributed by atoms with Gasteiger partial charge in [-0.2, -0.15) is 0 Å². The fraction of sp³-hybridized carbons (Fsp3) is 0.826. The van der Waals surface area contributed by atoms with Crippen molar-refractivity contribution in [2.24, 2.45) is 0 Å². The highest BCUT2D eigenvalue weighted by Crippen LogP contribution is 2.22. The highest BCUT2D eigenvalue weighted by Gasteiger charge is 2.22. The van der Waals surface area contributed by atoms with Crippen molar-refractivity contribution < 1.29 is 19.1 Å². The number of unbranched alkanes of at least 4 members (excludes halogenated alkanes) is 7. The molecule has 4 nitrogen and oxygen atoms in total. The molecule has 0 rings (SSSR count). The molecular formula is C23H42O4. The second-order valence-electron chi connectivity index (χ2n) is 7.20. The predicted octanol–water partition coefficient (Wildman–Crippen LogP) is 6.52. The highest BCUT2D eigenvalue weighted by atomic mass is 16.5. The molecule has 0 atom stereocenters. The molecule has 0 aliphatic rings. The molecule has 0 amide bonds. The molecule has 0 saturated carbocycles. The van der Waals surface area contributed by atoms with Gasteiger partial charge in [-0.25, -0.2) is 9.59 Å². The first-order valence-corrected chi connectivity index (χ1v) is 11.2. The Morgan fingerprint density at radius 1 is 0.519 bits per heavy atom. The second-order valence-corrected chi connectivity index (χ2v) is 7.20. The van der Waals surface area contributed by atoms with E-state index < -0.39 is 0 Å². The van der Waals surface area contributed by atoms with Crippen LogP contribution in [0.1, 0.15) is 111 Å². The van der Waals surface area contributed by atoms with Gasteiger partial charge < -0.3 is 9.47 Å². The van der Waals surface area contributed by atoms with Crippen LogP contribution in [-0.2, 0) is 19.1 Å². The lowest BCUT2D eigenvalue weighted by Crippen LogP contribution is -2.17. The van der Waals surface area contributed by atoms with Crippen LogP contribution in [0.3, 0.4) is 0 Å². The summed E-state index contributed by atoms with van der Waals surface area (Å²) < 4.78 is 10.7. The molecule has 0 radical (unpaired) electrons. The molecule has 0 aromatic heterocycles. The number of rotatable bonds is 17. The fourth-order valence-corrected chi connectivity index (χ4v) is 3.00. The van der Waals surface area contributed by atoms with Crippen LogP contribution in [0.15, 0.2) is 11.1 Å². The molecule has 0 unspecified atom stereocenters. The van der Waals surface area contributed by atoms with Crippen LogP contribution in [0.25, 0.3) is 0 Å². The number of esters is 2. The Balaban J connectivity index is 4.85. The van der Waals surface area contributed by atoms with Gasteiger partial charge in [0.25, 0.3) is 0 Å². The van der Waals surface area contributed by atoms with Crippen molar-refractivity contribution in [1.29, 1.82) is 0 Å². The summed E-state index contributed by atoms with van der Waals surface area (Å²) >= 11 is 0. The van der Waals surface area contributed by atoms with Crippen molar-refractivity contribution in [3.63, 3.8) is 0 Å². The second kappa shape index (κ2) is 18.1. The van der Waals surface area contributed by atoms with Gasteiger partial charge in [0.05, 0.1) is 13.2 Å². The van der Waals surface area contributed by atoms with Crippen molar-refractivity contribution in [2.75, 3.05) is 13.2 Å². The molecule has 0 aliphatic heterocycles. The summed E-state index contributed by atoms with van der Waals surface area (Å²) in [6.07, 6.45) is 13.2. The van der Waals surface area contributed by atoms with Crippen LogP contribution < -0.4 is 0 Å². The lowest BCUT2D eigenvalue weighted by atomic mass is 9.97. The molecule has 0 N–H and O–H groups in total. The molecule has 158 valence electrons. The first kappa shape index (κ1) is 25.7. The lowest BCUT2D eigenvalue weighted by Gasteiger charge is -2.14. The van der Waals surface area contributed by atoms with Crippen molar-refractivity contribution in [2.45, 2.75) is 111 Å². The Bertz CT molecular complexity index is 426. The van der Waals surface area contributed by atoms with E-state index in [0.29, 0.717) is 37.2 Å². The third-order valence-electron chi connectivity index (χ3n) is 4.51. The normalized spacial score (nSPS) is 11.9. The quantitative estimate of drug-likeness (QED) is 0.163. The van der Waals surface area contributed by atoms with Gasteiger partial charge in [-0.1, -0.05) is 79.1 Å². The molecule has 0 aliphatic carbocycles. The Labute approximate surface area is 167 Å². The molecule has 27 heavy (non-hydrogen) atoms. The van der Waals surface area contributed by atoms with E-state index in [4.69, 9.17) is 9.47 Å². The minimum Gasteiger partial charge on any atom is -0.462 e. The Kier molecular flexibility index (Phi) is 17.2. The van der Waals surface area contributed by atoms with Crippen molar-refractivity contribution >= 4 is 11.9 Å². The maximum absolute atomic E-state index is 12.5. The van der Waals surface area contributed by atoms with Gasteiger partial charge in [-0.05, 0) is 32.1 Å². The summed E-state index contributed by atoms with van der Waals surface area (Å²) in [6.45, 7) is 8.96. The van der Waals surface area contributed by atoms with Gasteiger partial charge in [-0.15, -0.1) is 0 Å². The predicted molar refractivity (Wildman–Crippen MR) is 112 cm³/mol. The van der Waals surface area contributed by atoms with E-state index in [-0.39, 0.29) is 11.9 Å². The average Bonchev–Trinajstić information content (AvgIpc) is 2.67. The number of carbonyl (C=O) groups is 2. The number of carbonyl (C=O) groups excluding carboxylic acids is 2. The standard InChI is InChI=1S/C23H42O4/c1-5-9-10-11-12-13-14-15-17-21(23(25)27-19-8-4)20(16-6-2)22(24)26-18-7-3/h5-19H2,1-4H3/b21-20-. The van der Waals surface area contributed by atoms with Crippen molar-refractivity contribution in [3.05, 3.63) is 11.1 Å². The molecule has 0 heterocycles. The molecule has 0 saturated heterocycles. The Morgan fingerprint density at radius 3 is 1.41 bits per heavy atom. The molecule has 0 bridgehead atoms. The zero-order valence-corrected chi connectivity index (χ0v) is 18.2. The summed E-state index contributed by atoms with van der Waals surface area (Å²) in [5, 5.41) is 0. The first-order valence-electron chi connectivity index (χ1n) is 11.2. The molecule has 0 aromatic rings. The van der Waals surface area contributed by atoms with Crippen LogP contribution in [0.2, 0.25) is 0 Å². The Morgan fingerprint density at radius 2 is 0.963 bits per heavy atom. The maximum atomic E-state index is 12.5. The number of hydrogen-bond acceptors (Lipinski definition) is 4. The minimum absolute atomic E-state index is 0.336. The summed E-state index contributed by atoms with van der Waals surface area (Å²) in [6, 6.07) is 0. The van der Waals surface area contributed by atoms with Crippen LogP contribution in [-0.4, -0.2) is 25.2 Å². The zero-order valence-electron chi connectivity index (χ0n) is 18.2. The van der Waals surface area contributed by atoms with Crippen LogP contribution in [0.5, 0.6) is 0 Å². The van der Waals surface area contributed by atoms with Crippen LogP contribution in [0.4, 0.5) is 0 Å². The molecule has 0 spiro atoms. The molecule has 0 aromatic carbocycles. The largest absolute Gasteiger partial charge is 0.462 e. The van der Waals surface area contributed by atoms with Gasteiger partial charge >= 0.3 is 11.9 Å². The summed E-state index contributed by atoms with van der Waals surface area (Å²) in [5.74, 6) is -0.682. The Hall–Kier alpha value is -1.32. The lowest BCUT2D eigenvalue weighted by molar-refractivity contribution is -0.142. The summed E-state index contributed by atoms with van der Waals surface area (Å²) in [4.78, 5) is 25.0. The van der Waals surface area contributed by atoms with Crippen LogP contribution in [0, 0.1) is 0 Å². The van der Waals surface area contributed by atoms with E-state index in [1.807, 2.05) is 20.8 Å². The fourth-order valence-electron chi connectivity index (χ4n) is 3.00. The van der Waals surface area contributed by atoms with Gasteiger partial charge in [0.1, 0.15) is 0 Å². The highest BCUT2D eigenvalue weighted by molar-refractivity contribution is 6.00. The van der Waals surface area contributed by atoms with Gasteiger partial charge in [-0.3, -0.25) is 0 Å². The average molecular weight is 383 g/mol. The maximum Gasteiger partial charge on any atom is 0.334 e. The number of hydrogen-bond donors (Lipinski definition) is 0. The van der Waals surface area contributed by atoms with E-state index in [9.17, 15) is 9.59 Å². The molecular weight excluding hydrogens is 340 g/mol. The van der Waals surface area contributed by atoms with E-state index in [2.05, 4.69) is 6.92 Å². The molecule has 0 fully saturated rings. The third-order valence-corrected chi connectivity index (χ3v) is 4.51. The minimum atomic E-state index is -0.346. The topological polar surface area (TPSA) is 52.6 Å². The summed E-state index contributed by atoms with van der Waals surface area (Å²) in [7, 11) is 0. The van der Waals surface area contributed by atoms with E-state index in [1.54, 1.807) is 0 Å².